The normalized spacial score (nSPS) is 19.3. The van der Waals surface area contributed by atoms with E-state index in [0.717, 1.165) is 18.4 Å². The Balaban J connectivity index is 1.90. The molecule has 0 aromatic heterocycles. The number of amides is 1. The van der Waals surface area contributed by atoms with Crippen LogP contribution in [-0.4, -0.2) is 45.1 Å². The third-order valence-corrected chi connectivity index (χ3v) is 6.08. The summed E-state index contributed by atoms with van der Waals surface area (Å²) in [4.78, 5) is 12.1. The van der Waals surface area contributed by atoms with Gasteiger partial charge in [0.05, 0.1) is 19.0 Å². The number of methoxy groups -OCH3 is 1. The van der Waals surface area contributed by atoms with Crippen molar-refractivity contribution in [3.63, 3.8) is 0 Å². The lowest BCUT2D eigenvalue weighted by atomic mass is 10.2. The molecule has 1 heterocycles. The molecule has 6 nitrogen and oxygen atoms in total. The van der Waals surface area contributed by atoms with E-state index in [2.05, 4.69) is 5.32 Å². The van der Waals surface area contributed by atoms with Crippen LogP contribution in [0, 0.1) is 0 Å². The van der Waals surface area contributed by atoms with Gasteiger partial charge < -0.3 is 14.8 Å². The van der Waals surface area contributed by atoms with Gasteiger partial charge >= 0.3 is 0 Å². The Kier molecular flexibility index (Phi) is 6.01. The van der Waals surface area contributed by atoms with Gasteiger partial charge in [-0.15, -0.1) is 0 Å². The van der Waals surface area contributed by atoms with Gasteiger partial charge in [0.2, 0.25) is 5.91 Å². The van der Waals surface area contributed by atoms with Gasteiger partial charge in [0, 0.05) is 13.2 Å². The Labute approximate surface area is 137 Å². The zero-order chi connectivity index (χ0) is 16.9. The third-order valence-electron chi connectivity index (χ3n) is 3.95. The SMILES string of the molecule is COc1cccc(CNC(=O)C(C)S(=O)(=O)CC2CCCO2)c1. The second kappa shape index (κ2) is 7.79. The van der Waals surface area contributed by atoms with E-state index in [1.807, 2.05) is 12.1 Å². The molecule has 2 unspecified atom stereocenters. The van der Waals surface area contributed by atoms with Crippen molar-refractivity contribution in [1.82, 2.24) is 5.32 Å². The summed E-state index contributed by atoms with van der Waals surface area (Å²) in [6.07, 6.45) is 1.32. The van der Waals surface area contributed by atoms with Crippen LogP contribution in [0.4, 0.5) is 0 Å². The number of hydrogen-bond donors (Lipinski definition) is 1. The largest absolute Gasteiger partial charge is 0.497 e. The molecule has 2 rings (SSSR count). The topological polar surface area (TPSA) is 81.7 Å². The Hall–Kier alpha value is -1.60. The average molecular weight is 341 g/mol. The highest BCUT2D eigenvalue weighted by Gasteiger charge is 2.32. The molecule has 1 aliphatic rings. The van der Waals surface area contributed by atoms with E-state index in [0.29, 0.717) is 12.4 Å². The fraction of sp³-hybridized carbons (Fsp3) is 0.562. The molecule has 0 saturated carbocycles. The molecule has 1 fully saturated rings. The maximum atomic E-state index is 12.3. The summed E-state index contributed by atoms with van der Waals surface area (Å²) in [6.45, 7) is 2.28. The second-order valence-electron chi connectivity index (χ2n) is 5.68. The van der Waals surface area contributed by atoms with Crippen molar-refractivity contribution in [2.45, 2.75) is 37.7 Å². The summed E-state index contributed by atoms with van der Waals surface area (Å²) < 4.78 is 35.0. The summed E-state index contributed by atoms with van der Waals surface area (Å²) >= 11 is 0. The molecule has 23 heavy (non-hydrogen) atoms. The predicted octanol–water partition coefficient (Wildman–Crippen LogP) is 1.29. The third kappa shape index (κ3) is 4.94. The number of sulfone groups is 1. The summed E-state index contributed by atoms with van der Waals surface area (Å²) in [5.74, 6) is 0.0995. The first-order valence-electron chi connectivity index (χ1n) is 7.66. The molecule has 1 aliphatic heterocycles. The van der Waals surface area contributed by atoms with Crippen molar-refractivity contribution in [3.8, 4) is 5.75 Å². The van der Waals surface area contributed by atoms with Crippen LogP contribution < -0.4 is 10.1 Å². The van der Waals surface area contributed by atoms with Gasteiger partial charge in [0.1, 0.15) is 11.0 Å². The first-order valence-corrected chi connectivity index (χ1v) is 9.38. The van der Waals surface area contributed by atoms with Gasteiger partial charge in [-0.2, -0.15) is 0 Å². The first-order chi connectivity index (χ1) is 10.9. The lowest BCUT2D eigenvalue weighted by Crippen LogP contribution is -2.40. The quantitative estimate of drug-likeness (QED) is 0.808. The predicted molar refractivity (Wildman–Crippen MR) is 87.1 cm³/mol. The molecule has 1 aromatic carbocycles. The van der Waals surface area contributed by atoms with Crippen LogP contribution in [0.1, 0.15) is 25.3 Å². The number of hydrogen-bond acceptors (Lipinski definition) is 5. The molecular formula is C16H23NO5S. The van der Waals surface area contributed by atoms with Crippen LogP contribution in [0.15, 0.2) is 24.3 Å². The minimum Gasteiger partial charge on any atom is -0.497 e. The van der Waals surface area contributed by atoms with E-state index in [4.69, 9.17) is 9.47 Å². The van der Waals surface area contributed by atoms with Crippen LogP contribution in [-0.2, 0) is 25.9 Å². The van der Waals surface area contributed by atoms with E-state index >= 15 is 0 Å². The van der Waals surface area contributed by atoms with Crippen LogP contribution in [0.2, 0.25) is 0 Å². The molecule has 128 valence electrons. The summed E-state index contributed by atoms with van der Waals surface area (Å²) in [5.41, 5.74) is 0.849. The van der Waals surface area contributed by atoms with Crippen LogP contribution >= 0.6 is 0 Å². The highest BCUT2D eigenvalue weighted by molar-refractivity contribution is 7.92. The van der Waals surface area contributed by atoms with Crippen molar-refractivity contribution in [1.29, 1.82) is 0 Å². The molecule has 1 amide bonds. The molecule has 1 N–H and O–H groups in total. The number of ether oxygens (including phenoxy) is 2. The summed E-state index contributed by atoms with van der Waals surface area (Å²) in [7, 11) is -1.95. The summed E-state index contributed by atoms with van der Waals surface area (Å²) in [5, 5.41) is 1.58. The van der Waals surface area contributed by atoms with Gasteiger partial charge in [-0.3, -0.25) is 4.79 Å². The van der Waals surface area contributed by atoms with Crippen LogP contribution in [0.25, 0.3) is 0 Å². The van der Waals surface area contributed by atoms with Crippen molar-refractivity contribution in [3.05, 3.63) is 29.8 Å². The maximum Gasteiger partial charge on any atom is 0.238 e. The Morgan fingerprint density at radius 1 is 1.48 bits per heavy atom. The lowest BCUT2D eigenvalue weighted by molar-refractivity contribution is -0.120. The van der Waals surface area contributed by atoms with Gasteiger partial charge in [-0.25, -0.2) is 8.42 Å². The molecule has 1 saturated heterocycles. The Morgan fingerprint density at radius 2 is 2.26 bits per heavy atom. The van der Waals surface area contributed by atoms with Gasteiger partial charge in [0.15, 0.2) is 9.84 Å². The van der Waals surface area contributed by atoms with Crippen LogP contribution in [0.3, 0.4) is 0 Å². The van der Waals surface area contributed by atoms with E-state index in [1.54, 1.807) is 19.2 Å². The molecule has 0 radical (unpaired) electrons. The fourth-order valence-corrected chi connectivity index (χ4v) is 3.94. The maximum absolute atomic E-state index is 12.3. The van der Waals surface area contributed by atoms with Crippen molar-refractivity contribution in [2.75, 3.05) is 19.5 Å². The van der Waals surface area contributed by atoms with Crippen molar-refractivity contribution >= 4 is 15.7 Å². The lowest BCUT2D eigenvalue weighted by Gasteiger charge is -2.16. The second-order valence-corrected chi connectivity index (χ2v) is 8.04. The number of carbonyl (C=O) groups excluding carboxylic acids is 1. The molecule has 0 spiro atoms. The smallest absolute Gasteiger partial charge is 0.238 e. The van der Waals surface area contributed by atoms with Gasteiger partial charge in [-0.05, 0) is 37.5 Å². The van der Waals surface area contributed by atoms with E-state index in [-0.39, 0.29) is 18.4 Å². The van der Waals surface area contributed by atoms with E-state index < -0.39 is 21.0 Å². The van der Waals surface area contributed by atoms with E-state index in [1.165, 1.54) is 6.92 Å². The number of carbonyl (C=O) groups is 1. The highest BCUT2D eigenvalue weighted by atomic mass is 32.2. The number of nitrogens with one attached hydrogen (secondary N) is 1. The molecule has 1 aromatic rings. The van der Waals surface area contributed by atoms with Crippen molar-refractivity contribution in [2.24, 2.45) is 0 Å². The molecule has 0 bridgehead atoms. The van der Waals surface area contributed by atoms with Crippen LogP contribution in [0.5, 0.6) is 5.75 Å². The highest BCUT2D eigenvalue weighted by Crippen LogP contribution is 2.17. The Bertz CT molecular complexity index is 638. The monoisotopic (exact) mass is 341 g/mol. The molecule has 7 heteroatoms. The standard InChI is InChI=1S/C16H23NO5S/c1-12(23(19,20)11-15-7-4-8-22-15)16(18)17-10-13-5-3-6-14(9-13)21-2/h3,5-6,9,12,15H,4,7-8,10-11H2,1-2H3,(H,17,18). The molecular weight excluding hydrogens is 318 g/mol. The van der Waals surface area contributed by atoms with Crippen molar-refractivity contribution < 1.29 is 22.7 Å². The molecule has 2 atom stereocenters. The van der Waals surface area contributed by atoms with Gasteiger partial charge in [-0.1, -0.05) is 12.1 Å². The molecule has 0 aliphatic carbocycles. The summed E-state index contributed by atoms with van der Waals surface area (Å²) in [6, 6.07) is 7.26. The van der Waals surface area contributed by atoms with Gasteiger partial charge in [0.25, 0.3) is 0 Å². The minimum atomic E-state index is -3.52. The number of benzene rings is 1. The Morgan fingerprint density at radius 3 is 2.91 bits per heavy atom. The zero-order valence-corrected chi connectivity index (χ0v) is 14.3. The average Bonchev–Trinajstić information content (AvgIpc) is 3.04. The van der Waals surface area contributed by atoms with E-state index in [9.17, 15) is 13.2 Å². The first kappa shape index (κ1) is 17.7. The number of rotatable bonds is 7. The zero-order valence-electron chi connectivity index (χ0n) is 13.4. The minimum absolute atomic E-state index is 0.0965. The fourth-order valence-electron chi connectivity index (χ4n) is 2.46.